The lowest BCUT2D eigenvalue weighted by Gasteiger charge is -2.12. The van der Waals surface area contributed by atoms with Crippen molar-refractivity contribution in [3.8, 4) is 0 Å². The number of nitrogens with one attached hydrogen (secondary N) is 1. The largest absolute Gasteiger partial charge is 0.336 e. The van der Waals surface area contributed by atoms with E-state index in [0.717, 1.165) is 14.9 Å². The Hall–Kier alpha value is -1.69. The number of carbonyl (C=O) groups is 3. The number of nitrogens with zero attached hydrogens (tertiary/aromatic N) is 1. The van der Waals surface area contributed by atoms with E-state index in [9.17, 15) is 14.4 Å². The monoisotopic (exact) mass is 282 g/mol. The Balaban J connectivity index is 2.45. The minimum Gasteiger partial charge on any atom is -0.269 e. The fourth-order valence-electron chi connectivity index (χ4n) is 1.36. The molecule has 1 aromatic carbocycles. The van der Waals surface area contributed by atoms with E-state index in [0.29, 0.717) is 5.69 Å². The van der Waals surface area contributed by atoms with Gasteiger partial charge in [-0.3, -0.25) is 14.9 Å². The van der Waals surface area contributed by atoms with Crippen molar-refractivity contribution in [1.82, 2.24) is 5.32 Å². The van der Waals surface area contributed by atoms with E-state index >= 15 is 0 Å². The SMILES string of the molecule is Cc1ccc(N2C(=O)NC(=O)C2=O)cc1Br. The average Bonchev–Trinajstić information content (AvgIpc) is 2.47. The summed E-state index contributed by atoms with van der Waals surface area (Å²) in [4.78, 5) is 34.5. The molecule has 5 nitrogen and oxygen atoms in total. The van der Waals surface area contributed by atoms with Gasteiger partial charge in [0.2, 0.25) is 0 Å². The predicted molar refractivity (Wildman–Crippen MR) is 59.9 cm³/mol. The highest BCUT2D eigenvalue weighted by Crippen LogP contribution is 2.25. The van der Waals surface area contributed by atoms with Crippen LogP contribution in [-0.4, -0.2) is 17.8 Å². The molecule has 0 aliphatic carbocycles. The van der Waals surface area contributed by atoms with Crippen LogP contribution in [-0.2, 0) is 9.59 Å². The van der Waals surface area contributed by atoms with Crippen LogP contribution in [0, 0.1) is 6.92 Å². The molecule has 0 bridgehead atoms. The third kappa shape index (κ3) is 1.61. The van der Waals surface area contributed by atoms with Crippen molar-refractivity contribution in [2.24, 2.45) is 0 Å². The van der Waals surface area contributed by atoms with Gasteiger partial charge in [0, 0.05) is 4.47 Å². The first-order valence-corrected chi connectivity index (χ1v) is 5.25. The van der Waals surface area contributed by atoms with Crippen molar-refractivity contribution < 1.29 is 14.4 Å². The quantitative estimate of drug-likeness (QED) is 0.624. The highest BCUT2D eigenvalue weighted by Gasteiger charge is 2.38. The van der Waals surface area contributed by atoms with Crippen molar-refractivity contribution in [3.05, 3.63) is 28.2 Å². The number of hydrogen-bond acceptors (Lipinski definition) is 3. The molecular formula is C10H7BrN2O3. The number of imide groups is 2. The molecule has 4 amide bonds. The lowest BCUT2D eigenvalue weighted by molar-refractivity contribution is -0.134. The van der Waals surface area contributed by atoms with Gasteiger partial charge in [-0.05, 0) is 24.6 Å². The van der Waals surface area contributed by atoms with E-state index in [1.54, 1.807) is 18.2 Å². The van der Waals surface area contributed by atoms with Crippen molar-refractivity contribution in [2.45, 2.75) is 6.92 Å². The molecule has 0 unspecified atom stereocenters. The molecule has 0 aromatic heterocycles. The van der Waals surface area contributed by atoms with Crippen molar-refractivity contribution in [3.63, 3.8) is 0 Å². The normalized spacial score (nSPS) is 15.6. The molecule has 1 fully saturated rings. The molecule has 6 heteroatoms. The molecule has 82 valence electrons. The Morgan fingerprint density at radius 2 is 1.94 bits per heavy atom. The van der Waals surface area contributed by atoms with Gasteiger partial charge in [-0.25, -0.2) is 9.69 Å². The van der Waals surface area contributed by atoms with Gasteiger partial charge in [0.25, 0.3) is 0 Å². The van der Waals surface area contributed by atoms with Gasteiger partial charge in [0.15, 0.2) is 0 Å². The maximum Gasteiger partial charge on any atom is 0.336 e. The molecule has 0 atom stereocenters. The Labute approximate surface area is 99.5 Å². The fourth-order valence-corrected chi connectivity index (χ4v) is 1.72. The minimum atomic E-state index is -0.901. The first-order valence-electron chi connectivity index (χ1n) is 4.46. The van der Waals surface area contributed by atoms with Crippen LogP contribution < -0.4 is 10.2 Å². The highest BCUT2D eigenvalue weighted by atomic mass is 79.9. The van der Waals surface area contributed by atoms with E-state index in [1.165, 1.54) is 0 Å². The maximum atomic E-state index is 11.4. The molecule has 1 aromatic rings. The number of carbonyl (C=O) groups excluding carboxylic acids is 3. The van der Waals surface area contributed by atoms with E-state index in [4.69, 9.17) is 0 Å². The Morgan fingerprint density at radius 3 is 2.44 bits per heavy atom. The number of anilines is 1. The number of hydrogen-bond donors (Lipinski definition) is 1. The van der Waals surface area contributed by atoms with Gasteiger partial charge in [0.1, 0.15) is 0 Å². The summed E-state index contributed by atoms with van der Waals surface area (Å²) < 4.78 is 0.768. The van der Waals surface area contributed by atoms with Gasteiger partial charge in [0.05, 0.1) is 5.69 Å². The Bertz CT molecular complexity index is 513. The third-order valence-corrected chi connectivity index (χ3v) is 3.09. The molecule has 1 N–H and O–H groups in total. The van der Waals surface area contributed by atoms with Crippen molar-refractivity contribution in [2.75, 3.05) is 4.90 Å². The summed E-state index contributed by atoms with van der Waals surface area (Å²) in [5.74, 6) is -1.76. The highest BCUT2D eigenvalue weighted by molar-refractivity contribution is 9.10. The molecule has 16 heavy (non-hydrogen) atoms. The maximum absolute atomic E-state index is 11.4. The second-order valence-corrected chi connectivity index (χ2v) is 4.19. The summed E-state index contributed by atoms with van der Waals surface area (Å²) in [6, 6.07) is 4.26. The second-order valence-electron chi connectivity index (χ2n) is 3.33. The lowest BCUT2D eigenvalue weighted by Crippen LogP contribution is -2.30. The molecule has 1 saturated heterocycles. The van der Waals surface area contributed by atoms with Crippen LogP contribution in [0.15, 0.2) is 22.7 Å². The number of halogens is 1. The van der Waals surface area contributed by atoms with E-state index in [1.807, 2.05) is 12.2 Å². The molecule has 0 radical (unpaired) electrons. The molecule has 0 spiro atoms. The van der Waals surface area contributed by atoms with Crippen LogP contribution in [0.5, 0.6) is 0 Å². The van der Waals surface area contributed by atoms with Crippen LogP contribution in [0.4, 0.5) is 10.5 Å². The third-order valence-electron chi connectivity index (χ3n) is 2.23. The van der Waals surface area contributed by atoms with Gasteiger partial charge in [-0.1, -0.05) is 22.0 Å². The van der Waals surface area contributed by atoms with E-state index in [2.05, 4.69) is 15.9 Å². The van der Waals surface area contributed by atoms with Crippen LogP contribution in [0.25, 0.3) is 0 Å². The number of aryl methyl sites for hydroxylation is 1. The predicted octanol–water partition coefficient (Wildman–Crippen LogP) is 1.34. The second kappa shape index (κ2) is 3.71. The summed E-state index contributed by atoms with van der Waals surface area (Å²) >= 11 is 3.29. The summed E-state index contributed by atoms with van der Waals surface area (Å²) in [6.07, 6.45) is 0. The summed E-state index contributed by atoms with van der Waals surface area (Å²) in [5, 5.41) is 1.93. The Kier molecular flexibility index (Phi) is 2.51. The van der Waals surface area contributed by atoms with Gasteiger partial charge in [-0.15, -0.1) is 0 Å². The van der Waals surface area contributed by atoms with Gasteiger partial charge in [-0.2, -0.15) is 0 Å². The molecular weight excluding hydrogens is 276 g/mol. The standard InChI is InChI=1S/C10H7BrN2O3/c1-5-2-3-6(4-7(5)11)13-9(15)8(14)12-10(13)16/h2-4H,1H3,(H,12,14,16). The number of urea groups is 1. The lowest BCUT2D eigenvalue weighted by atomic mass is 10.2. The van der Waals surface area contributed by atoms with Gasteiger partial charge < -0.3 is 0 Å². The molecule has 2 rings (SSSR count). The number of benzene rings is 1. The first kappa shape index (κ1) is 10.8. The summed E-state index contributed by atoms with van der Waals surface area (Å²) in [5.41, 5.74) is 1.34. The smallest absolute Gasteiger partial charge is 0.269 e. The van der Waals surface area contributed by atoms with Crippen LogP contribution in [0.3, 0.4) is 0 Å². The van der Waals surface area contributed by atoms with Crippen LogP contribution in [0.2, 0.25) is 0 Å². The summed E-state index contributed by atoms with van der Waals surface area (Å²) in [7, 11) is 0. The number of amides is 4. The molecule has 1 aliphatic heterocycles. The molecule has 1 aliphatic rings. The molecule has 1 heterocycles. The number of rotatable bonds is 1. The van der Waals surface area contributed by atoms with Crippen LogP contribution >= 0.6 is 15.9 Å². The average molecular weight is 283 g/mol. The zero-order valence-corrected chi connectivity index (χ0v) is 9.87. The van der Waals surface area contributed by atoms with Crippen LogP contribution in [0.1, 0.15) is 5.56 Å². The zero-order chi connectivity index (χ0) is 11.9. The first-order chi connectivity index (χ1) is 7.50. The van der Waals surface area contributed by atoms with Crippen molar-refractivity contribution >= 4 is 39.5 Å². The van der Waals surface area contributed by atoms with E-state index in [-0.39, 0.29) is 0 Å². The van der Waals surface area contributed by atoms with E-state index < -0.39 is 17.8 Å². The van der Waals surface area contributed by atoms with Gasteiger partial charge >= 0.3 is 17.8 Å². The Morgan fingerprint density at radius 1 is 1.25 bits per heavy atom. The fraction of sp³-hybridized carbons (Fsp3) is 0.100. The van der Waals surface area contributed by atoms with Crippen molar-refractivity contribution in [1.29, 1.82) is 0 Å². The topological polar surface area (TPSA) is 66.5 Å². The summed E-state index contributed by atoms with van der Waals surface area (Å²) in [6.45, 7) is 1.88. The minimum absolute atomic E-state index is 0.367. The zero-order valence-electron chi connectivity index (χ0n) is 8.28. The molecule has 0 saturated carbocycles.